The summed E-state index contributed by atoms with van der Waals surface area (Å²) < 4.78 is 30.8. The van der Waals surface area contributed by atoms with Crippen LogP contribution in [0.25, 0.3) is 0 Å². The fourth-order valence-corrected chi connectivity index (χ4v) is 3.29. The quantitative estimate of drug-likeness (QED) is 0.643. The predicted octanol–water partition coefficient (Wildman–Crippen LogP) is 0.171. The maximum Gasteiger partial charge on any atom is 0.352 e. The number of aromatic amines is 1. The van der Waals surface area contributed by atoms with E-state index in [0.717, 1.165) is 0 Å². The van der Waals surface area contributed by atoms with Crippen LogP contribution in [0.1, 0.15) is 28.2 Å². The Morgan fingerprint density at radius 3 is 2.40 bits per heavy atom. The van der Waals surface area contributed by atoms with Crippen molar-refractivity contribution < 1.29 is 27.9 Å². The summed E-state index contributed by atoms with van der Waals surface area (Å²) in [6.45, 7) is 2.75. The van der Waals surface area contributed by atoms with Crippen molar-refractivity contribution in [3.63, 3.8) is 0 Å². The zero-order valence-electron chi connectivity index (χ0n) is 11.3. The van der Waals surface area contributed by atoms with Gasteiger partial charge in [-0.25, -0.2) is 17.9 Å². The predicted molar refractivity (Wildman–Crippen MR) is 69.0 cm³/mol. The molecule has 1 rings (SSSR count). The minimum Gasteiger partial charge on any atom is -0.477 e. The standard InChI is InChI=1S/C11H16N2O6S/c1-6-9(11(15)16)13-7(2)10(6)20(17,18)12-5-4-8(14)19-3/h12-13H,4-5H2,1-3H3,(H,15,16). The molecule has 0 radical (unpaired) electrons. The Labute approximate surface area is 116 Å². The van der Waals surface area contributed by atoms with Crippen molar-refractivity contribution in [1.29, 1.82) is 0 Å². The van der Waals surface area contributed by atoms with Crippen molar-refractivity contribution in [2.24, 2.45) is 0 Å². The molecule has 0 amide bonds. The molecule has 0 bridgehead atoms. The first-order chi connectivity index (χ1) is 9.20. The van der Waals surface area contributed by atoms with Crippen molar-refractivity contribution in [2.75, 3.05) is 13.7 Å². The number of esters is 1. The number of H-pyrrole nitrogens is 1. The number of carbonyl (C=O) groups is 2. The first kappa shape index (κ1) is 16.2. The van der Waals surface area contributed by atoms with Gasteiger partial charge >= 0.3 is 11.9 Å². The molecule has 20 heavy (non-hydrogen) atoms. The molecule has 0 aliphatic heterocycles. The number of aromatic nitrogens is 1. The normalized spacial score (nSPS) is 11.3. The molecule has 0 aliphatic rings. The molecule has 112 valence electrons. The molecule has 0 aliphatic carbocycles. The largest absolute Gasteiger partial charge is 0.477 e. The third kappa shape index (κ3) is 3.36. The summed E-state index contributed by atoms with van der Waals surface area (Å²) in [4.78, 5) is 24.3. The Kier molecular flexibility index (Phi) is 4.90. The van der Waals surface area contributed by atoms with Gasteiger partial charge in [0.2, 0.25) is 10.0 Å². The molecule has 0 unspecified atom stereocenters. The molecule has 0 aromatic carbocycles. The number of aryl methyl sites for hydroxylation is 1. The van der Waals surface area contributed by atoms with Gasteiger partial charge in [-0.2, -0.15) is 0 Å². The summed E-state index contributed by atoms with van der Waals surface area (Å²) >= 11 is 0. The number of ether oxygens (including phenoxy) is 1. The minimum absolute atomic E-state index is 0.107. The van der Waals surface area contributed by atoms with Crippen LogP contribution in [-0.4, -0.2) is 44.1 Å². The van der Waals surface area contributed by atoms with Crippen LogP contribution in [0.5, 0.6) is 0 Å². The molecule has 3 N–H and O–H groups in total. The first-order valence-corrected chi connectivity index (χ1v) is 7.18. The molecule has 1 heterocycles. The number of hydrogen-bond donors (Lipinski definition) is 3. The van der Waals surface area contributed by atoms with Crippen LogP contribution in [0.4, 0.5) is 0 Å². The molecule has 9 heteroatoms. The fraction of sp³-hybridized carbons (Fsp3) is 0.455. The highest BCUT2D eigenvalue weighted by Crippen LogP contribution is 2.22. The summed E-state index contributed by atoms with van der Waals surface area (Å²) in [6.07, 6.45) is -0.107. The van der Waals surface area contributed by atoms with Crippen LogP contribution in [0.3, 0.4) is 0 Å². The number of carboxylic acid groups (broad SMARTS) is 1. The van der Waals surface area contributed by atoms with Gasteiger partial charge in [0.15, 0.2) is 0 Å². The van der Waals surface area contributed by atoms with Crippen molar-refractivity contribution in [1.82, 2.24) is 9.71 Å². The lowest BCUT2D eigenvalue weighted by Crippen LogP contribution is -2.27. The molecule has 0 atom stereocenters. The topological polar surface area (TPSA) is 126 Å². The average Bonchev–Trinajstić information content (AvgIpc) is 2.64. The summed E-state index contributed by atoms with van der Waals surface area (Å²) in [5.41, 5.74) is 0.182. The Bertz CT molecular complexity index is 632. The Balaban J connectivity index is 2.99. The summed E-state index contributed by atoms with van der Waals surface area (Å²) in [5.74, 6) is -1.77. The number of rotatable bonds is 6. The maximum absolute atomic E-state index is 12.1. The van der Waals surface area contributed by atoms with Crippen molar-refractivity contribution in [3.05, 3.63) is 17.0 Å². The zero-order valence-corrected chi connectivity index (χ0v) is 12.1. The molecule has 0 saturated carbocycles. The van der Waals surface area contributed by atoms with Gasteiger partial charge in [-0.1, -0.05) is 0 Å². The lowest BCUT2D eigenvalue weighted by molar-refractivity contribution is -0.140. The molecular weight excluding hydrogens is 288 g/mol. The van der Waals surface area contributed by atoms with Gasteiger partial charge in [0.25, 0.3) is 0 Å². The molecule has 0 fully saturated rings. The highest BCUT2D eigenvalue weighted by atomic mass is 32.2. The van der Waals surface area contributed by atoms with E-state index in [9.17, 15) is 18.0 Å². The lowest BCUT2D eigenvalue weighted by atomic mass is 10.2. The van der Waals surface area contributed by atoms with Crippen LogP contribution in [0, 0.1) is 13.8 Å². The monoisotopic (exact) mass is 304 g/mol. The number of methoxy groups -OCH3 is 1. The van der Waals surface area contributed by atoms with E-state index >= 15 is 0 Å². The summed E-state index contributed by atoms with van der Waals surface area (Å²) in [5, 5.41) is 8.94. The van der Waals surface area contributed by atoms with Crippen LogP contribution < -0.4 is 4.72 Å². The Morgan fingerprint density at radius 2 is 1.95 bits per heavy atom. The van der Waals surface area contributed by atoms with E-state index in [1.165, 1.54) is 21.0 Å². The second-order valence-electron chi connectivity index (χ2n) is 4.11. The SMILES string of the molecule is COC(=O)CCNS(=O)(=O)c1c(C)[nH]c(C(=O)O)c1C. The van der Waals surface area contributed by atoms with Crippen LogP contribution in [-0.2, 0) is 19.6 Å². The van der Waals surface area contributed by atoms with Crippen molar-refractivity contribution >= 4 is 22.0 Å². The van der Waals surface area contributed by atoms with E-state index in [1.54, 1.807) is 0 Å². The van der Waals surface area contributed by atoms with E-state index in [4.69, 9.17) is 5.11 Å². The van der Waals surface area contributed by atoms with Gasteiger partial charge in [-0.15, -0.1) is 0 Å². The third-order valence-electron chi connectivity index (χ3n) is 2.70. The number of carbonyl (C=O) groups excluding carboxylic acids is 1. The van der Waals surface area contributed by atoms with Gasteiger partial charge in [0.1, 0.15) is 10.6 Å². The third-order valence-corrected chi connectivity index (χ3v) is 4.43. The molecule has 0 spiro atoms. The van der Waals surface area contributed by atoms with E-state index in [-0.39, 0.29) is 34.8 Å². The van der Waals surface area contributed by atoms with Gasteiger partial charge in [-0.05, 0) is 13.8 Å². The lowest BCUT2D eigenvalue weighted by Gasteiger charge is -2.07. The average molecular weight is 304 g/mol. The van der Waals surface area contributed by atoms with Crippen molar-refractivity contribution in [2.45, 2.75) is 25.2 Å². The maximum atomic E-state index is 12.1. The van der Waals surface area contributed by atoms with E-state index in [1.807, 2.05) is 0 Å². The fourth-order valence-electron chi connectivity index (χ4n) is 1.81. The molecule has 0 saturated heterocycles. The first-order valence-electron chi connectivity index (χ1n) is 5.69. The van der Waals surface area contributed by atoms with Gasteiger partial charge in [0.05, 0.1) is 13.5 Å². The number of sulfonamides is 1. The molecule has 1 aromatic heterocycles. The Hall–Kier alpha value is -1.87. The summed E-state index contributed by atoms with van der Waals surface area (Å²) in [6, 6.07) is 0. The highest BCUT2D eigenvalue weighted by molar-refractivity contribution is 7.89. The number of aromatic carboxylic acids is 1. The van der Waals surface area contributed by atoms with E-state index in [0.29, 0.717) is 0 Å². The van der Waals surface area contributed by atoms with Gasteiger partial charge < -0.3 is 14.8 Å². The smallest absolute Gasteiger partial charge is 0.352 e. The number of nitrogens with one attached hydrogen (secondary N) is 2. The molecule has 8 nitrogen and oxygen atoms in total. The number of hydrogen-bond acceptors (Lipinski definition) is 5. The van der Waals surface area contributed by atoms with E-state index in [2.05, 4.69) is 14.4 Å². The number of carboxylic acids is 1. The second-order valence-corrected chi connectivity index (χ2v) is 5.81. The summed E-state index contributed by atoms with van der Waals surface area (Å²) in [7, 11) is -2.69. The van der Waals surface area contributed by atoms with Gasteiger partial charge in [-0.3, -0.25) is 4.79 Å². The van der Waals surface area contributed by atoms with Gasteiger partial charge in [0, 0.05) is 17.8 Å². The molecule has 1 aromatic rings. The van der Waals surface area contributed by atoms with Crippen LogP contribution >= 0.6 is 0 Å². The van der Waals surface area contributed by atoms with Crippen molar-refractivity contribution in [3.8, 4) is 0 Å². The van der Waals surface area contributed by atoms with Crippen LogP contribution in [0.15, 0.2) is 4.90 Å². The minimum atomic E-state index is -3.89. The zero-order chi connectivity index (χ0) is 15.5. The highest BCUT2D eigenvalue weighted by Gasteiger charge is 2.26. The van der Waals surface area contributed by atoms with Crippen LogP contribution in [0.2, 0.25) is 0 Å². The van der Waals surface area contributed by atoms with E-state index < -0.39 is 22.0 Å². The second kappa shape index (κ2) is 6.06. The Morgan fingerprint density at radius 1 is 1.35 bits per heavy atom. The molecular formula is C11H16N2O6S.